The lowest BCUT2D eigenvalue weighted by molar-refractivity contribution is 0.0665. The molecule has 0 aromatic carbocycles. The van der Waals surface area contributed by atoms with Gasteiger partial charge in [0.15, 0.2) is 0 Å². The summed E-state index contributed by atoms with van der Waals surface area (Å²) in [5.74, 6) is 0. The monoisotopic (exact) mass is 255 g/mol. The summed E-state index contributed by atoms with van der Waals surface area (Å²) in [6.45, 7) is 9.20. The van der Waals surface area contributed by atoms with E-state index in [1.807, 2.05) is 18.7 Å². The van der Waals surface area contributed by atoms with E-state index in [0.717, 1.165) is 45.6 Å². The minimum absolute atomic E-state index is 0.203. The first-order chi connectivity index (χ1) is 8.68. The van der Waals surface area contributed by atoms with Gasteiger partial charge in [-0.3, -0.25) is 0 Å². The summed E-state index contributed by atoms with van der Waals surface area (Å²) in [4.78, 5) is 16.2. The topological polar surface area (TPSA) is 44.8 Å². The van der Waals surface area contributed by atoms with Crippen molar-refractivity contribution in [1.29, 1.82) is 0 Å². The molecule has 18 heavy (non-hydrogen) atoms. The maximum absolute atomic E-state index is 12.3. The molecule has 2 aliphatic heterocycles. The lowest BCUT2D eigenvalue weighted by Crippen LogP contribution is -2.45. The highest BCUT2D eigenvalue weighted by Gasteiger charge is 2.33. The highest BCUT2D eigenvalue weighted by Crippen LogP contribution is 2.18. The second-order valence-electron chi connectivity index (χ2n) is 5.36. The predicted octanol–water partition coefficient (Wildman–Crippen LogP) is 0.901. The van der Waals surface area contributed by atoms with Crippen molar-refractivity contribution in [1.82, 2.24) is 15.1 Å². The van der Waals surface area contributed by atoms with Crippen molar-refractivity contribution in [2.45, 2.75) is 38.8 Å². The first-order valence-corrected chi connectivity index (χ1v) is 7.06. The van der Waals surface area contributed by atoms with E-state index in [2.05, 4.69) is 10.2 Å². The molecular formula is C13H25N3O2. The van der Waals surface area contributed by atoms with Gasteiger partial charge < -0.3 is 19.9 Å². The zero-order chi connectivity index (χ0) is 13.0. The summed E-state index contributed by atoms with van der Waals surface area (Å²) < 4.78 is 5.51. The van der Waals surface area contributed by atoms with Crippen LogP contribution in [0.3, 0.4) is 0 Å². The smallest absolute Gasteiger partial charge is 0.320 e. The average Bonchev–Trinajstić information content (AvgIpc) is 2.72. The molecule has 0 aliphatic carbocycles. The third-order valence-electron chi connectivity index (χ3n) is 3.69. The number of hydrogen-bond donors (Lipinski definition) is 1. The SMILES string of the molecule is CC(C)OCCN1CCN(C2CCNCC2)C1=O. The van der Waals surface area contributed by atoms with Crippen LogP contribution in [0.4, 0.5) is 4.79 Å². The van der Waals surface area contributed by atoms with Crippen LogP contribution in [0.2, 0.25) is 0 Å². The van der Waals surface area contributed by atoms with E-state index >= 15 is 0 Å². The van der Waals surface area contributed by atoms with Crippen LogP contribution in [0, 0.1) is 0 Å². The van der Waals surface area contributed by atoms with Gasteiger partial charge in [0.25, 0.3) is 0 Å². The third-order valence-corrected chi connectivity index (χ3v) is 3.69. The summed E-state index contributed by atoms with van der Waals surface area (Å²) in [6, 6.07) is 0.643. The summed E-state index contributed by atoms with van der Waals surface area (Å²) in [7, 11) is 0. The van der Waals surface area contributed by atoms with Crippen molar-refractivity contribution >= 4 is 6.03 Å². The number of ether oxygens (including phenoxy) is 1. The van der Waals surface area contributed by atoms with Gasteiger partial charge in [-0.05, 0) is 39.8 Å². The van der Waals surface area contributed by atoms with Crippen LogP contribution >= 0.6 is 0 Å². The van der Waals surface area contributed by atoms with Crippen LogP contribution < -0.4 is 5.32 Å². The second-order valence-corrected chi connectivity index (χ2v) is 5.36. The summed E-state index contributed by atoms with van der Waals surface area (Å²) in [5.41, 5.74) is 0. The number of piperidine rings is 1. The molecule has 0 spiro atoms. The number of urea groups is 1. The van der Waals surface area contributed by atoms with Gasteiger partial charge in [0, 0.05) is 25.7 Å². The summed E-state index contributed by atoms with van der Waals surface area (Å²) in [6.07, 6.45) is 2.41. The average molecular weight is 255 g/mol. The molecular weight excluding hydrogens is 230 g/mol. The second kappa shape index (κ2) is 6.38. The number of nitrogens with zero attached hydrogens (tertiary/aromatic N) is 2. The molecule has 0 atom stereocenters. The molecule has 0 bridgehead atoms. The van der Waals surface area contributed by atoms with Crippen molar-refractivity contribution in [3.8, 4) is 0 Å². The van der Waals surface area contributed by atoms with E-state index < -0.39 is 0 Å². The Bertz CT molecular complexity index is 277. The minimum atomic E-state index is 0.203. The van der Waals surface area contributed by atoms with Crippen molar-refractivity contribution in [2.24, 2.45) is 0 Å². The largest absolute Gasteiger partial charge is 0.377 e. The van der Waals surface area contributed by atoms with Crippen LogP contribution in [0.5, 0.6) is 0 Å². The van der Waals surface area contributed by atoms with E-state index in [9.17, 15) is 4.79 Å². The fraction of sp³-hybridized carbons (Fsp3) is 0.923. The Balaban J connectivity index is 1.77. The van der Waals surface area contributed by atoms with Crippen LogP contribution in [0.1, 0.15) is 26.7 Å². The quantitative estimate of drug-likeness (QED) is 0.794. The van der Waals surface area contributed by atoms with Gasteiger partial charge in [0.2, 0.25) is 0 Å². The zero-order valence-corrected chi connectivity index (χ0v) is 11.5. The van der Waals surface area contributed by atoms with E-state index in [1.165, 1.54) is 0 Å². The predicted molar refractivity (Wildman–Crippen MR) is 70.7 cm³/mol. The summed E-state index contributed by atoms with van der Waals surface area (Å²) >= 11 is 0. The van der Waals surface area contributed by atoms with Gasteiger partial charge in [-0.15, -0.1) is 0 Å². The molecule has 104 valence electrons. The van der Waals surface area contributed by atoms with Crippen LogP contribution in [-0.2, 0) is 4.74 Å². The Kier molecular flexibility index (Phi) is 4.83. The molecule has 2 saturated heterocycles. The molecule has 0 radical (unpaired) electrons. The maximum Gasteiger partial charge on any atom is 0.320 e. The maximum atomic E-state index is 12.3. The highest BCUT2D eigenvalue weighted by molar-refractivity contribution is 5.76. The first kappa shape index (κ1) is 13.6. The molecule has 5 heteroatoms. The number of hydrogen-bond acceptors (Lipinski definition) is 3. The number of carbonyl (C=O) groups is 1. The molecule has 0 unspecified atom stereocenters. The number of rotatable bonds is 5. The molecule has 0 saturated carbocycles. The third kappa shape index (κ3) is 3.36. The van der Waals surface area contributed by atoms with Crippen LogP contribution in [0.15, 0.2) is 0 Å². The van der Waals surface area contributed by atoms with Crippen LogP contribution in [-0.4, -0.2) is 67.3 Å². The summed E-state index contributed by atoms with van der Waals surface area (Å²) in [5, 5.41) is 3.34. The Morgan fingerprint density at radius 1 is 1.33 bits per heavy atom. The minimum Gasteiger partial charge on any atom is -0.377 e. The number of nitrogens with one attached hydrogen (secondary N) is 1. The molecule has 5 nitrogen and oxygen atoms in total. The van der Waals surface area contributed by atoms with E-state index in [0.29, 0.717) is 12.6 Å². The van der Waals surface area contributed by atoms with Crippen molar-refractivity contribution < 1.29 is 9.53 Å². The highest BCUT2D eigenvalue weighted by atomic mass is 16.5. The van der Waals surface area contributed by atoms with Crippen molar-refractivity contribution in [3.05, 3.63) is 0 Å². The molecule has 2 rings (SSSR count). The van der Waals surface area contributed by atoms with E-state index in [4.69, 9.17) is 4.74 Å². The van der Waals surface area contributed by atoms with Crippen molar-refractivity contribution in [3.63, 3.8) is 0 Å². The molecule has 2 amide bonds. The fourth-order valence-electron chi connectivity index (χ4n) is 2.66. The molecule has 2 fully saturated rings. The Labute approximate surface area is 109 Å². The molecule has 0 aromatic rings. The van der Waals surface area contributed by atoms with Crippen LogP contribution in [0.25, 0.3) is 0 Å². The Morgan fingerprint density at radius 2 is 2.06 bits per heavy atom. The van der Waals surface area contributed by atoms with E-state index in [-0.39, 0.29) is 12.1 Å². The first-order valence-electron chi connectivity index (χ1n) is 7.06. The number of carbonyl (C=O) groups excluding carboxylic acids is 1. The van der Waals surface area contributed by atoms with Gasteiger partial charge in [0.1, 0.15) is 0 Å². The van der Waals surface area contributed by atoms with Gasteiger partial charge in [-0.2, -0.15) is 0 Å². The zero-order valence-electron chi connectivity index (χ0n) is 11.5. The molecule has 2 heterocycles. The molecule has 2 aliphatic rings. The molecule has 1 N–H and O–H groups in total. The van der Waals surface area contributed by atoms with Gasteiger partial charge in [-0.1, -0.05) is 0 Å². The molecule has 0 aromatic heterocycles. The van der Waals surface area contributed by atoms with Crippen molar-refractivity contribution in [2.75, 3.05) is 39.3 Å². The lowest BCUT2D eigenvalue weighted by Gasteiger charge is -2.31. The van der Waals surface area contributed by atoms with Gasteiger partial charge >= 0.3 is 6.03 Å². The Morgan fingerprint density at radius 3 is 2.72 bits per heavy atom. The van der Waals surface area contributed by atoms with E-state index in [1.54, 1.807) is 0 Å². The van der Waals surface area contributed by atoms with Gasteiger partial charge in [0.05, 0.1) is 12.7 Å². The fourth-order valence-corrected chi connectivity index (χ4v) is 2.66. The normalized spacial score (nSPS) is 22.3. The van der Waals surface area contributed by atoms with Gasteiger partial charge in [-0.25, -0.2) is 4.79 Å². The Hall–Kier alpha value is -0.810. The lowest BCUT2D eigenvalue weighted by atomic mass is 10.1. The number of amides is 2. The standard InChI is InChI=1S/C13H25N3O2/c1-11(2)18-10-9-15-7-8-16(13(15)17)12-3-5-14-6-4-12/h11-12,14H,3-10H2,1-2H3.